The quantitative estimate of drug-likeness (QED) is 0.534. The summed E-state index contributed by atoms with van der Waals surface area (Å²) >= 11 is -2.32. The number of hydrogen-bond donors (Lipinski definition) is 0. The summed E-state index contributed by atoms with van der Waals surface area (Å²) in [6, 6.07) is 9.35. The van der Waals surface area contributed by atoms with Gasteiger partial charge >= 0.3 is 0 Å². The average Bonchev–Trinajstić information content (AvgIpc) is 2.15. The van der Waals surface area contributed by atoms with Crippen molar-refractivity contribution in [1.82, 2.24) is 4.47 Å². The Hall–Kier alpha value is -0.750. The van der Waals surface area contributed by atoms with E-state index in [0.29, 0.717) is 0 Å². The number of rotatable bonds is 4. The van der Waals surface area contributed by atoms with Crippen LogP contribution in [0, 0.1) is 0 Å². The SMILES string of the molecule is CN(OCc1ccccc1)S(=O)[O-]. The van der Waals surface area contributed by atoms with Crippen LogP contribution in [-0.2, 0) is 22.7 Å². The highest BCUT2D eigenvalue weighted by Gasteiger charge is 1.97. The van der Waals surface area contributed by atoms with Gasteiger partial charge < -0.3 is 4.55 Å². The molecule has 0 saturated heterocycles. The summed E-state index contributed by atoms with van der Waals surface area (Å²) in [7, 11) is 1.34. The minimum absolute atomic E-state index is 0.255. The van der Waals surface area contributed by atoms with Crippen LogP contribution in [0.4, 0.5) is 0 Å². The fraction of sp³-hybridized carbons (Fsp3) is 0.250. The summed E-state index contributed by atoms with van der Waals surface area (Å²) in [6.45, 7) is 0.255. The number of nitrogens with zero attached hydrogens (tertiary/aromatic N) is 1. The third-order valence-corrected chi connectivity index (χ3v) is 1.99. The van der Waals surface area contributed by atoms with Gasteiger partial charge in [0, 0.05) is 18.3 Å². The van der Waals surface area contributed by atoms with Crippen LogP contribution in [0.1, 0.15) is 5.56 Å². The Bertz CT molecular complexity index is 278. The molecular weight excluding hydrogens is 190 g/mol. The topological polar surface area (TPSA) is 52.6 Å². The molecule has 0 N–H and O–H groups in total. The summed E-state index contributed by atoms with van der Waals surface area (Å²) in [5.41, 5.74) is 0.930. The van der Waals surface area contributed by atoms with Crippen molar-refractivity contribution in [2.45, 2.75) is 6.61 Å². The minimum atomic E-state index is -2.32. The van der Waals surface area contributed by atoms with Crippen LogP contribution in [-0.4, -0.2) is 20.3 Å². The Morgan fingerprint density at radius 3 is 2.62 bits per heavy atom. The van der Waals surface area contributed by atoms with Gasteiger partial charge in [-0.15, -0.1) is 4.47 Å². The van der Waals surface area contributed by atoms with Gasteiger partial charge in [-0.3, -0.25) is 9.05 Å². The Morgan fingerprint density at radius 2 is 2.08 bits per heavy atom. The van der Waals surface area contributed by atoms with E-state index in [1.54, 1.807) is 0 Å². The lowest BCUT2D eigenvalue weighted by Crippen LogP contribution is -2.20. The van der Waals surface area contributed by atoms with E-state index in [9.17, 15) is 8.76 Å². The van der Waals surface area contributed by atoms with Gasteiger partial charge in [0.25, 0.3) is 0 Å². The van der Waals surface area contributed by atoms with E-state index in [1.807, 2.05) is 30.3 Å². The Labute approximate surface area is 79.5 Å². The first-order chi connectivity index (χ1) is 6.20. The molecule has 0 aliphatic heterocycles. The maximum Gasteiger partial charge on any atom is 0.0947 e. The molecule has 4 nitrogen and oxygen atoms in total. The van der Waals surface area contributed by atoms with Crippen molar-refractivity contribution in [3.8, 4) is 0 Å². The largest absolute Gasteiger partial charge is 0.758 e. The van der Waals surface area contributed by atoms with Crippen molar-refractivity contribution in [3.05, 3.63) is 35.9 Å². The van der Waals surface area contributed by atoms with E-state index in [4.69, 9.17) is 4.84 Å². The van der Waals surface area contributed by atoms with Gasteiger partial charge in [-0.1, -0.05) is 30.3 Å². The molecule has 0 spiro atoms. The molecule has 5 heteroatoms. The van der Waals surface area contributed by atoms with Crippen LogP contribution in [0.3, 0.4) is 0 Å². The van der Waals surface area contributed by atoms with E-state index in [1.165, 1.54) is 7.05 Å². The van der Waals surface area contributed by atoms with E-state index < -0.39 is 11.3 Å². The van der Waals surface area contributed by atoms with Crippen LogP contribution >= 0.6 is 0 Å². The maximum atomic E-state index is 10.3. The van der Waals surface area contributed by atoms with Crippen LogP contribution in [0.5, 0.6) is 0 Å². The van der Waals surface area contributed by atoms with Gasteiger partial charge in [-0.05, 0) is 5.56 Å². The third kappa shape index (κ3) is 3.65. The summed E-state index contributed by atoms with van der Waals surface area (Å²) in [5.74, 6) is 0. The van der Waals surface area contributed by atoms with Gasteiger partial charge in [-0.25, -0.2) is 0 Å². The smallest absolute Gasteiger partial charge is 0.0947 e. The molecule has 0 saturated carbocycles. The molecule has 0 aromatic heterocycles. The first-order valence-electron chi connectivity index (χ1n) is 3.70. The maximum absolute atomic E-state index is 10.3. The van der Waals surface area contributed by atoms with E-state index in [-0.39, 0.29) is 6.61 Å². The molecule has 0 amide bonds. The lowest BCUT2D eigenvalue weighted by molar-refractivity contribution is -0.0783. The number of hydroxylamine groups is 1. The third-order valence-electron chi connectivity index (χ3n) is 1.47. The zero-order valence-corrected chi connectivity index (χ0v) is 7.99. The highest BCUT2D eigenvalue weighted by Crippen LogP contribution is 2.02. The molecule has 0 fully saturated rings. The first kappa shape index (κ1) is 10.3. The number of hydrogen-bond acceptors (Lipinski definition) is 3. The normalized spacial score (nSPS) is 13.2. The van der Waals surface area contributed by atoms with Gasteiger partial charge in [0.2, 0.25) is 0 Å². The minimum Gasteiger partial charge on any atom is -0.758 e. The van der Waals surface area contributed by atoms with E-state index >= 15 is 0 Å². The Morgan fingerprint density at radius 1 is 1.46 bits per heavy atom. The van der Waals surface area contributed by atoms with Crippen LogP contribution in [0.2, 0.25) is 0 Å². The lowest BCUT2D eigenvalue weighted by atomic mass is 10.2. The van der Waals surface area contributed by atoms with Crippen LogP contribution in [0.15, 0.2) is 30.3 Å². The summed E-state index contributed by atoms with van der Waals surface area (Å²) in [5, 5.41) is 0. The molecule has 1 aromatic carbocycles. The molecule has 0 aliphatic rings. The standard InChI is InChI=1S/C8H11NO3S/c1-9(13(10)11)12-7-8-5-3-2-4-6-8/h2-6H,7H2,1H3,(H,10,11)/p-1. The highest BCUT2D eigenvalue weighted by molar-refractivity contribution is 7.76. The predicted molar refractivity (Wildman–Crippen MR) is 47.9 cm³/mol. The molecule has 0 radical (unpaired) electrons. The molecule has 0 heterocycles. The Balaban J connectivity index is 2.39. The second-order valence-corrected chi connectivity index (χ2v) is 3.36. The van der Waals surface area contributed by atoms with Crippen molar-refractivity contribution < 1.29 is 13.6 Å². The molecule has 13 heavy (non-hydrogen) atoms. The Kier molecular flexibility index (Phi) is 4.04. The molecule has 0 aliphatic carbocycles. The predicted octanol–water partition coefficient (Wildman–Crippen LogP) is 0.844. The zero-order valence-electron chi connectivity index (χ0n) is 7.17. The molecular formula is C8H10NO3S-. The van der Waals surface area contributed by atoms with Gasteiger partial charge in [0.15, 0.2) is 0 Å². The van der Waals surface area contributed by atoms with Crippen molar-refractivity contribution in [2.24, 2.45) is 0 Å². The fourth-order valence-corrected chi connectivity index (χ4v) is 0.921. The zero-order chi connectivity index (χ0) is 9.68. The lowest BCUT2D eigenvalue weighted by Gasteiger charge is -2.17. The molecule has 1 unspecified atom stereocenters. The number of benzene rings is 1. The second kappa shape index (κ2) is 5.08. The van der Waals surface area contributed by atoms with E-state index in [0.717, 1.165) is 10.0 Å². The van der Waals surface area contributed by atoms with Gasteiger partial charge in [-0.2, -0.15) is 0 Å². The van der Waals surface area contributed by atoms with Crippen molar-refractivity contribution in [2.75, 3.05) is 7.05 Å². The van der Waals surface area contributed by atoms with Crippen LogP contribution < -0.4 is 0 Å². The summed E-state index contributed by atoms with van der Waals surface area (Å²) < 4.78 is 21.4. The first-order valence-corrected chi connectivity index (χ1v) is 4.73. The van der Waals surface area contributed by atoms with Gasteiger partial charge in [0.05, 0.1) is 6.61 Å². The van der Waals surface area contributed by atoms with Crippen molar-refractivity contribution in [1.29, 1.82) is 0 Å². The van der Waals surface area contributed by atoms with Gasteiger partial charge in [0.1, 0.15) is 0 Å². The van der Waals surface area contributed by atoms with E-state index in [2.05, 4.69) is 0 Å². The molecule has 1 atom stereocenters. The highest BCUT2D eigenvalue weighted by atomic mass is 32.2. The molecule has 1 rings (SSSR count). The van der Waals surface area contributed by atoms with Crippen molar-refractivity contribution >= 4 is 11.3 Å². The second-order valence-electron chi connectivity index (χ2n) is 2.42. The van der Waals surface area contributed by atoms with Crippen LogP contribution in [0.25, 0.3) is 0 Å². The average molecular weight is 200 g/mol. The molecule has 72 valence electrons. The molecule has 1 aromatic rings. The summed E-state index contributed by atoms with van der Waals surface area (Å²) in [4.78, 5) is 4.91. The van der Waals surface area contributed by atoms with Crippen molar-refractivity contribution in [3.63, 3.8) is 0 Å². The fourth-order valence-electron chi connectivity index (χ4n) is 0.783. The molecule has 0 bridgehead atoms. The monoisotopic (exact) mass is 200 g/mol. The summed E-state index contributed by atoms with van der Waals surface area (Å²) in [6.07, 6.45) is 0.